The van der Waals surface area contributed by atoms with Crippen LogP contribution in [0.25, 0.3) is 0 Å². The molecule has 7 unspecified atom stereocenters. The lowest BCUT2D eigenvalue weighted by molar-refractivity contribution is 0.137. The molecular formula is C22H35O4P. The van der Waals surface area contributed by atoms with Gasteiger partial charge in [0.15, 0.2) is 7.37 Å². The Morgan fingerprint density at radius 2 is 2.11 bits per heavy atom. The van der Waals surface area contributed by atoms with Gasteiger partial charge in [0.1, 0.15) is 0 Å². The van der Waals surface area contributed by atoms with E-state index in [-0.39, 0.29) is 17.9 Å². The molecule has 0 saturated heterocycles. The molecule has 0 spiro atoms. The summed E-state index contributed by atoms with van der Waals surface area (Å²) in [5.74, 6) is 7.01. The van der Waals surface area contributed by atoms with E-state index in [0.29, 0.717) is 24.4 Å². The Hall–Kier alpha value is -0.850. The highest BCUT2D eigenvalue weighted by atomic mass is 31.2. The summed E-state index contributed by atoms with van der Waals surface area (Å²) in [7, 11) is -2.90. The van der Waals surface area contributed by atoms with Crippen LogP contribution >= 0.6 is 7.37 Å². The van der Waals surface area contributed by atoms with Crippen molar-refractivity contribution in [3.63, 3.8) is 0 Å². The second-order valence-corrected chi connectivity index (χ2v) is 11.0. The maximum atomic E-state index is 11.4. The number of hydrogen-bond donors (Lipinski definition) is 3. The van der Waals surface area contributed by atoms with Gasteiger partial charge in [-0.25, -0.2) is 0 Å². The van der Waals surface area contributed by atoms with Crippen molar-refractivity contribution in [2.45, 2.75) is 64.6 Å². The third-order valence-electron chi connectivity index (χ3n) is 6.04. The van der Waals surface area contributed by atoms with E-state index in [2.05, 4.69) is 17.9 Å². The summed E-state index contributed by atoms with van der Waals surface area (Å²) >= 11 is 0. The number of hydrogen-bond acceptors (Lipinski definition) is 3. The summed E-state index contributed by atoms with van der Waals surface area (Å²) < 4.78 is 11.4. The highest BCUT2D eigenvalue weighted by Gasteiger charge is 2.44. The van der Waals surface area contributed by atoms with Crippen LogP contribution in [-0.4, -0.2) is 40.1 Å². The van der Waals surface area contributed by atoms with Crippen molar-refractivity contribution in [3.05, 3.63) is 23.8 Å². The van der Waals surface area contributed by atoms with E-state index in [9.17, 15) is 19.7 Å². The van der Waals surface area contributed by atoms with Crippen LogP contribution < -0.4 is 0 Å². The predicted octanol–water partition coefficient (Wildman–Crippen LogP) is 3.97. The van der Waals surface area contributed by atoms with Crippen molar-refractivity contribution in [1.82, 2.24) is 0 Å². The second-order valence-electron chi connectivity index (χ2n) is 8.48. The summed E-state index contributed by atoms with van der Waals surface area (Å²) in [6, 6.07) is 0. The first-order valence-corrected chi connectivity index (χ1v) is 12.4. The van der Waals surface area contributed by atoms with Gasteiger partial charge >= 0.3 is 0 Å². The molecule has 27 heavy (non-hydrogen) atoms. The average Bonchev–Trinajstić information content (AvgIpc) is 3.10. The molecule has 152 valence electrons. The number of rotatable bonds is 8. The first kappa shape index (κ1) is 22.4. The van der Waals surface area contributed by atoms with Crippen LogP contribution in [0.1, 0.15) is 52.4 Å². The number of allylic oxidation sites excluding steroid dienone is 2. The smallest absolute Gasteiger partial charge is 0.197 e. The lowest BCUT2D eigenvalue weighted by Gasteiger charge is -2.19. The van der Waals surface area contributed by atoms with Crippen LogP contribution in [0, 0.1) is 35.5 Å². The van der Waals surface area contributed by atoms with Crippen molar-refractivity contribution in [1.29, 1.82) is 0 Å². The van der Waals surface area contributed by atoms with Crippen molar-refractivity contribution < 1.29 is 19.7 Å². The molecule has 2 aliphatic carbocycles. The molecule has 0 aliphatic heterocycles. The molecule has 0 aromatic heterocycles. The number of aliphatic hydroxyl groups excluding tert-OH is 2. The standard InChI is InChI=1S/C22H35O4P/c1-4-5-8-16(2)21(23)11-10-19-20-14-17(13-18(20)15-22(19)24)9-6-7-12-27(3,25)26/h9-11,16,18-24H,6-8,12-15H2,1-3H3,(H,25,26)/b11-10+,17-9-. The fourth-order valence-corrected chi connectivity index (χ4v) is 5.22. The normalized spacial score (nSPS) is 33.5. The average molecular weight is 394 g/mol. The van der Waals surface area contributed by atoms with Gasteiger partial charge in [-0.2, -0.15) is 0 Å². The van der Waals surface area contributed by atoms with Gasteiger partial charge in [-0.15, -0.1) is 11.8 Å². The van der Waals surface area contributed by atoms with Gasteiger partial charge in [0.2, 0.25) is 0 Å². The molecule has 0 amide bonds. The van der Waals surface area contributed by atoms with E-state index < -0.39 is 13.5 Å². The molecule has 0 aromatic rings. The van der Waals surface area contributed by atoms with E-state index in [1.54, 1.807) is 6.92 Å². The van der Waals surface area contributed by atoms with Gasteiger partial charge in [0, 0.05) is 25.2 Å². The lowest BCUT2D eigenvalue weighted by Crippen LogP contribution is -2.19. The number of fused-ring (bicyclic) bond motifs is 1. The molecule has 2 fully saturated rings. The Morgan fingerprint density at radius 1 is 1.37 bits per heavy atom. The highest BCUT2D eigenvalue weighted by Crippen LogP contribution is 2.50. The predicted molar refractivity (Wildman–Crippen MR) is 111 cm³/mol. The fraction of sp³-hybridized carbons (Fsp3) is 0.727. The first-order chi connectivity index (χ1) is 12.7. The molecule has 7 atom stereocenters. The number of aliphatic hydroxyl groups is 2. The lowest BCUT2D eigenvalue weighted by atomic mass is 9.89. The summed E-state index contributed by atoms with van der Waals surface area (Å²) in [6.45, 7) is 5.22. The van der Waals surface area contributed by atoms with Crippen LogP contribution in [0.5, 0.6) is 0 Å². The maximum absolute atomic E-state index is 11.4. The van der Waals surface area contributed by atoms with Crippen LogP contribution in [0.15, 0.2) is 23.8 Å². The van der Waals surface area contributed by atoms with Crippen LogP contribution in [0.3, 0.4) is 0 Å². The zero-order chi connectivity index (χ0) is 20.0. The first-order valence-electron chi connectivity index (χ1n) is 10.1. The molecule has 0 aromatic carbocycles. The Bertz CT molecular complexity index is 651. The highest BCUT2D eigenvalue weighted by molar-refractivity contribution is 7.57. The Balaban J connectivity index is 1.89. The monoisotopic (exact) mass is 394 g/mol. The van der Waals surface area contributed by atoms with E-state index in [1.807, 2.05) is 19.1 Å². The third kappa shape index (κ3) is 6.91. The van der Waals surface area contributed by atoms with Crippen LogP contribution in [0.4, 0.5) is 0 Å². The minimum absolute atomic E-state index is 0.0862. The van der Waals surface area contributed by atoms with Crippen molar-refractivity contribution in [3.8, 4) is 11.8 Å². The van der Waals surface area contributed by atoms with Crippen molar-refractivity contribution in [2.24, 2.45) is 23.7 Å². The molecule has 5 heteroatoms. The topological polar surface area (TPSA) is 77.8 Å². The third-order valence-corrected chi connectivity index (χ3v) is 7.18. The van der Waals surface area contributed by atoms with Gasteiger partial charge in [-0.3, -0.25) is 4.57 Å². The van der Waals surface area contributed by atoms with Gasteiger partial charge in [-0.1, -0.05) is 30.7 Å². The molecule has 2 rings (SSSR count). The quantitative estimate of drug-likeness (QED) is 0.252. The molecule has 2 saturated carbocycles. The molecule has 0 bridgehead atoms. The summed E-state index contributed by atoms with van der Waals surface area (Å²) in [5.41, 5.74) is 1.42. The molecule has 0 radical (unpaired) electrons. The van der Waals surface area contributed by atoms with Gasteiger partial charge in [0.25, 0.3) is 0 Å². The zero-order valence-electron chi connectivity index (χ0n) is 16.8. The summed E-state index contributed by atoms with van der Waals surface area (Å²) in [5, 5.41) is 20.7. The Labute approximate surface area is 164 Å². The van der Waals surface area contributed by atoms with Crippen molar-refractivity contribution >= 4 is 7.37 Å². The van der Waals surface area contributed by atoms with Gasteiger partial charge < -0.3 is 15.1 Å². The van der Waals surface area contributed by atoms with Crippen molar-refractivity contribution in [2.75, 3.05) is 12.8 Å². The molecule has 3 N–H and O–H groups in total. The van der Waals surface area contributed by atoms with E-state index in [0.717, 1.165) is 32.1 Å². The van der Waals surface area contributed by atoms with Crippen LogP contribution in [0.2, 0.25) is 0 Å². The zero-order valence-corrected chi connectivity index (χ0v) is 17.7. The molecule has 4 nitrogen and oxygen atoms in total. The Kier molecular flexibility index (Phi) is 8.38. The minimum atomic E-state index is -2.90. The molecule has 2 aliphatic rings. The minimum Gasteiger partial charge on any atom is -0.392 e. The molecular weight excluding hydrogens is 359 g/mol. The van der Waals surface area contributed by atoms with E-state index in [4.69, 9.17) is 0 Å². The fourth-order valence-electron chi connectivity index (χ4n) is 4.45. The summed E-state index contributed by atoms with van der Waals surface area (Å²) in [6.07, 6.45) is 10.8. The van der Waals surface area contributed by atoms with Crippen LogP contribution in [-0.2, 0) is 4.57 Å². The number of unbranched alkanes of at least 4 members (excludes halogenated alkanes) is 1. The maximum Gasteiger partial charge on any atom is 0.197 e. The second kappa shape index (κ2) is 10.1. The largest absolute Gasteiger partial charge is 0.392 e. The van der Waals surface area contributed by atoms with Gasteiger partial charge in [-0.05, 0) is 56.8 Å². The van der Waals surface area contributed by atoms with E-state index >= 15 is 0 Å². The van der Waals surface area contributed by atoms with Gasteiger partial charge in [0.05, 0.1) is 12.2 Å². The summed E-state index contributed by atoms with van der Waals surface area (Å²) in [4.78, 5) is 9.37. The SMILES string of the molecule is CC#CCC(C)C(O)/C=C/C1C(O)CC2C/C(=C/CCCP(C)(=O)O)CC21. The molecule has 0 heterocycles. The Morgan fingerprint density at radius 3 is 2.78 bits per heavy atom. The van der Waals surface area contributed by atoms with E-state index in [1.165, 1.54) is 12.2 Å².